The summed E-state index contributed by atoms with van der Waals surface area (Å²) in [6.07, 6.45) is -1.18. The molecule has 4 nitrogen and oxygen atoms in total. The van der Waals surface area contributed by atoms with E-state index < -0.39 is 32.2 Å². The van der Waals surface area contributed by atoms with Crippen LogP contribution in [0, 0.1) is 5.82 Å². The van der Waals surface area contributed by atoms with Gasteiger partial charge in [0.05, 0.1) is 11.0 Å². The fraction of sp³-hybridized carbons (Fsp3) is 0.200. The average Bonchev–Trinajstić information content (AvgIpc) is 2.52. The number of nitrogens with one attached hydrogen (secondary N) is 1. The van der Waals surface area contributed by atoms with Crippen molar-refractivity contribution in [2.24, 2.45) is 0 Å². The Morgan fingerprint density at radius 2 is 1.62 bits per heavy atom. The molecule has 0 bridgehead atoms. The molecule has 2 N–H and O–H groups in total. The summed E-state index contributed by atoms with van der Waals surface area (Å²) in [6, 6.07) is 9.49. The number of halogens is 4. The van der Waals surface area contributed by atoms with Gasteiger partial charge in [-0.05, 0) is 30.3 Å². The van der Waals surface area contributed by atoms with Gasteiger partial charge in [0.25, 0.3) is 9.84 Å². The van der Waals surface area contributed by atoms with E-state index in [-0.39, 0.29) is 17.8 Å². The normalized spacial score (nSPS) is 13.5. The Morgan fingerprint density at radius 3 is 2.17 bits per heavy atom. The van der Waals surface area contributed by atoms with E-state index >= 15 is 0 Å². The number of alkyl halides is 3. The van der Waals surface area contributed by atoms with Gasteiger partial charge in [-0.2, -0.15) is 13.2 Å². The van der Waals surface area contributed by atoms with Crippen LogP contribution < -0.4 is 5.32 Å². The zero-order valence-electron chi connectivity index (χ0n) is 12.1. The van der Waals surface area contributed by atoms with Crippen LogP contribution in [-0.2, 0) is 9.84 Å². The number of aliphatic hydroxyl groups excluding tert-OH is 1. The summed E-state index contributed by atoms with van der Waals surface area (Å²) in [5.74, 6) is -0.585. The summed E-state index contributed by atoms with van der Waals surface area (Å²) in [5, 5.41) is 12.6. The predicted molar refractivity (Wildman–Crippen MR) is 79.5 cm³/mol. The molecular formula is C15H13F4NO3S. The maximum Gasteiger partial charge on any atom is 0.501 e. The molecule has 2 aromatic carbocycles. The number of benzene rings is 2. The SMILES string of the molecule is O=S(=O)(c1ccc(NC[C@H](O)c2ccccc2F)cc1)C(F)(F)F. The fourth-order valence-corrected chi connectivity index (χ4v) is 2.72. The van der Waals surface area contributed by atoms with Crippen molar-refractivity contribution in [1.82, 2.24) is 0 Å². The number of anilines is 1. The van der Waals surface area contributed by atoms with E-state index in [9.17, 15) is 31.1 Å². The lowest BCUT2D eigenvalue weighted by Crippen LogP contribution is -2.23. The minimum Gasteiger partial charge on any atom is -0.386 e. The van der Waals surface area contributed by atoms with Crippen LogP contribution in [0.5, 0.6) is 0 Å². The largest absolute Gasteiger partial charge is 0.501 e. The van der Waals surface area contributed by atoms with Crippen LogP contribution in [0.4, 0.5) is 23.2 Å². The van der Waals surface area contributed by atoms with Crippen LogP contribution in [0.25, 0.3) is 0 Å². The second-order valence-electron chi connectivity index (χ2n) is 4.89. The van der Waals surface area contributed by atoms with Gasteiger partial charge in [-0.1, -0.05) is 18.2 Å². The summed E-state index contributed by atoms with van der Waals surface area (Å²) in [5.41, 5.74) is -5.02. The summed E-state index contributed by atoms with van der Waals surface area (Å²) in [6.45, 7) is -0.105. The molecule has 2 rings (SSSR count). The lowest BCUT2D eigenvalue weighted by Gasteiger charge is -2.14. The third-order valence-electron chi connectivity index (χ3n) is 3.23. The highest BCUT2D eigenvalue weighted by molar-refractivity contribution is 7.92. The van der Waals surface area contributed by atoms with Crippen LogP contribution in [0.2, 0.25) is 0 Å². The second kappa shape index (κ2) is 6.78. The third-order valence-corrected chi connectivity index (χ3v) is 4.74. The first-order valence-corrected chi connectivity index (χ1v) is 8.19. The second-order valence-corrected chi connectivity index (χ2v) is 6.83. The summed E-state index contributed by atoms with van der Waals surface area (Å²) in [7, 11) is -5.40. The maximum absolute atomic E-state index is 13.5. The maximum atomic E-state index is 13.5. The smallest absolute Gasteiger partial charge is 0.386 e. The van der Waals surface area contributed by atoms with Crippen molar-refractivity contribution < 1.29 is 31.1 Å². The average molecular weight is 363 g/mol. The number of sulfone groups is 1. The van der Waals surface area contributed by atoms with Crippen molar-refractivity contribution in [3.05, 3.63) is 59.9 Å². The monoisotopic (exact) mass is 363 g/mol. The van der Waals surface area contributed by atoms with E-state index in [1.165, 1.54) is 18.2 Å². The summed E-state index contributed by atoms with van der Waals surface area (Å²) >= 11 is 0. The van der Waals surface area contributed by atoms with E-state index in [0.29, 0.717) is 0 Å². The Labute approximate surface area is 135 Å². The van der Waals surface area contributed by atoms with Gasteiger partial charge in [0.2, 0.25) is 0 Å². The molecule has 9 heteroatoms. The Balaban J connectivity index is 2.07. The summed E-state index contributed by atoms with van der Waals surface area (Å²) in [4.78, 5) is -0.879. The topological polar surface area (TPSA) is 66.4 Å². The van der Waals surface area contributed by atoms with Crippen LogP contribution in [0.1, 0.15) is 11.7 Å². The molecule has 2 aromatic rings. The van der Waals surface area contributed by atoms with Gasteiger partial charge in [-0.15, -0.1) is 0 Å². The highest BCUT2D eigenvalue weighted by Crippen LogP contribution is 2.30. The quantitative estimate of drug-likeness (QED) is 0.801. The van der Waals surface area contributed by atoms with E-state index in [1.807, 2.05) is 0 Å². The third kappa shape index (κ3) is 3.85. The van der Waals surface area contributed by atoms with Crippen LogP contribution in [0.15, 0.2) is 53.4 Å². The molecule has 0 fully saturated rings. The zero-order valence-corrected chi connectivity index (χ0v) is 12.9. The van der Waals surface area contributed by atoms with Crippen LogP contribution >= 0.6 is 0 Å². The Morgan fingerprint density at radius 1 is 1.04 bits per heavy atom. The molecule has 0 spiro atoms. The van der Waals surface area contributed by atoms with Gasteiger partial charge in [-0.25, -0.2) is 12.8 Å². The number of rotatable bonds is 5. The highest BCUT2D eigenvalue weighted by atomic mass is 32.2. The van der Waals surface area contributed by atoms with Crippen LogP contribution in [0.3, 0.4) is 0 Å². The van der Waals surface area contributed by atoms with Crippen LogP contribution in [-0.4, -0.2) is 25.6 Å². The molecular weight excluding hydrogens is 350 g/mol. The van der Waals surface area contributed by atoms with Gasteiger partial charge < -0.3 is 10.4 Å². The Kier molecular flexibility index (Phi) is 5.14. The molecule has 0 saturated carbocycles. The molecule has 0 amide bonds. The van der Waals surface area contributed by atoms with Crippen molar-refractivity contribution in [3.8, 4) is 0 Å². The molecule has 1 atom stereocenters. The number of hydrogen-bond donors (Lipinski definition) is 2. The minimum absolute atomic E-state index is 0.0706. The van der Waals surface area contributed by atoms with Crippen molar-refractivity contribution in [3.63, 3.8) is 0 Å². The van der Waals surface area contributed by atoms with Crippen molar-refractivity contribution >= 4 is 15.5 Å². The molecule has 0 saturated heterocycles. The lowest BCUT2D eigenvalue weighted by atomic mass is 10.1. The van der Waals surface area contributed by atoms with Gasteiger partial charge in [0.1, 0.15) is 5.82 Å². The van der Waals surface area contributed by atoms with Gasteiger partial charge in [0.15, 0.2) is 0 Å². The zero-order chi connectivity index (χ0) is 18.0. The molecule has 0 aliphatic rings. The Hall–Kier alpha value is -2.13. The van der Waals surface area contributed by atoms with Gasteiger partial charge in [-0.3, -0.25) is 0 Å². The molecule has 130 valence electrons. The predicted octanol–water partition coefficient (Wildman–Crippen LogP) is 3.26. The first-order chi connectivity index (χ1) is 11.1. The minimum atomic E-state index is -5.40. The van der Waals surface area contributed by atoms with E-state index in [2.05, 4.69) is 5.32 Å². The molecule has 0 aliphatic heterocycles. The molecule has 0 aliphatic carbocycles. The molecule has 0 aromatic heterocycles. The van der Waals surface area contributed by atoms with Gasteiger partial charge in [0, 0.05) is 17.8 Å². The van der Waals surface area contributed by atoms with Crippen molar-refractivity contribution in [2.45, 2.75) is 16.5 Å². The Bertz CT molecular complexity index is 804. The van der Waals surface area contributed by atoms with Crippen molar-refractivity contribution in [2.75, 3.05) is 11.9 Å². The van der Waals surface area contributed by atoms with E-state index in [4.69, 9.17) is 0 Å². The van der Waals surface area contributed by atoms with E-state index in [0.717, 1.165) is 24.3 Å². The first-order valence-electron chi connectivity index (χ1n) is 6.70. The lowest BCUT2D eigenvalue weighted by molar-refractivity contribution is -0.0436. The molecule has 0 heterocycles. The van der Waals surface area contributed by atoms with Gasteiger partial charge >= 0.3 is 5.51 Å². The standard InChI is InChI=1S/C15H13F4NO3S/c16-13-4-2-1-3-12(13)14(21)9-20-10-5-7-11(8-6-10)24(22,23)15(17,18)19/h1-8,14,20-21H,9H2/t14-/m0/s1. The number of hydrogen-bond acceptors (Lipinski definition) is 4. The highest BCUT2D eigenvalue weighted by Gasteiger charge is 2.46. The first kappa shape index (κ1) is 18.2. The molecule has 24 heavy (non-hydrogen) atoms. The van der Waals surface area contributed by atoms with E-state index in [1.54, 1.807) is 6.07 Å². The van der Waals surface area contributed by atoms with Crippen molar-refractivity contribution in [1.29, 1.82) is 0 Å². The number of aliphatic hydroxyl groups is 1. The molecule has 0 radical (unpaired) electrons. The summed E-state index contributed by atoms with van der Waals surface area (Å²) < 4.78 is 73.2. The fourth-order valence-electron chi connectivity index (χ4n) is 1.96. The molecule has 0 unspecified atom stereocenters.